The van der Waals surface area contributed by atoms with Crippen LogP contribution >= 0.6 is 0 Å². The van der Waals surface area contributed by atoms with E-state index in [1.807, 2.05) is 30.3 Å². The Morgan fingerprint density at radius 1 is 1.08 bits per heavy atom. The fourth-order valence-corrected chi connectivity index (χ4v) is 7.50. The van der Waals surface area contributed by atoms with E-state index >= 15 is 0 Å². The summed E-state index contributed by atoms with van der Waals surface area (Å²) in [5.74, 6) is -1.27. The number of ether oxygens (including phenoxy) is 1. The molecule has 0 bridgehead atoms. The number of nitrogens with zero attached hydrogens (tertiary/aromatic N) is 2. The predicted molar refractivity (Wildman–Crippen MR) is 142 cm³/mol. The number of halogens is 1. The Morgan fingerprint density at radius 2 is 1.74 bits per heavy atom. The fourth-order valence-electron chi connectivity index (χ4n) is 4.43. The summed E-state index contributed by atoms with van der Waals surface area (Å²) in [7, 11) is -6.90. The number of likely N-dealkylation sites (N-methyl/N-ethyl adjacent to an activating group) is 1. The molecule has 38 heavy (non-hydrogen) atoms. The number of benzene rings is 3. The van der Waals surface area contributed by atoms with Crippen molar-refractivity contribution in [2.24, 2.45) is 5.92 Å². The van der Waals surface area contributed by atoms with Crippen LogP contribution in [0.4, 0.5) is 4.39 Å². The molecule has 0 aliphatic carbocycles. The molecule has 3 aromatic carbocycles. The van der Waals surface area contributed by atoms with Crippen LogP contribution in [0.15, 0.2) is 82.6 Å². The first-order chi connectivity index (χ1) is 18.0. The minimum absolute atomic E-state index is 0.0117. The third-order valence-corrected chi connectivity index (χ3v) is 10.6. The van der Waals surface area contributed by atoms with Gasteiger partial charge < -0.3 is 9.84 Å². The van der Waals surface area contributed by atoms with Gasteiger partial charge in [-0.3, -0.25) is 0 Å². The van der Waals surface area contributed by atoms with Crippen molar-refractivity contribution >= 4 is 20.0 Å². The van der Waals surface area contributed by atoms with Crippen molar-refractivity contribution in [2.45, 2.75) is 35.8 Å². The zero-order valence-corrected chi connectivity index (χ0v) is 23.0. The van der Waals surface area contributed by atoms with Crippen LogP contribution in [-0.4, -0.2) is 69.4 Å². The lowest BCUT2D eigenvalue weighted by molar-refractivity contribution is 0.0904. The average Bonchev–Trinajstić information content (AvgIpc) is 2.90. The number of fused-ring (bicyclic) bond motifs is 1. The van der Waals surface area contributed by atoms with E-state index in [1.54, 1.807) is 26.0 Å². The monoisotopic (exact) mass is 562 g/mol. The molecule has 0 spiro atoms. The minimum Gasteiger partial charge on any atom is -0.487 e. The van der Waals surface area contributed by atoms with Crippen molar-refractivity contribution in [1.29, 1.82) is 0 Å². The van der Waals surface area contributed by atoms with Crippen LogP contribution in [-0.2, 0) is 20.0 Å². The zero-order valence-electron chi connectivity index (χ0n) is 21.4. The maximum absolute atomic E-state index is 14.4. The topological polar surface area (TPSA) is 104 Å². The highest BCUT2D eigenvalue weighted by Gasteiger charge is 2.39. The molecular formula is C27H31FN2O6S2. The molecule has 1 N–H and O–H groups in total. The van der Waals surface area contributed by atoms with Gasteiger partial charge in [0.1, 0.15) is 27.5 Å². The molecular weight excluding hydrogens is 531 g/mol. The van der Waals surface area contributed by atoms with Gasteiger partial charge in [-0.15, -0.1) is 0 Å². The number of aliphatic hydroxyl groups excluding tert-OH is 1. The van der Waals surface area contributed by atoms with Crippen LogP contribution in [0, 0.1) is 11.7 Å². The summed E-state index contributed by atoms with van der Waals surface area (Å²) in [5, 5.41) is 9.82. The largest absolute Gasteiger partial charge is 0.487 e. The third kappa shape index (κ3) is 5.48. The van der Waals surface area contributed by atoms with Crippen LogP contribution in [0.1, 0.15) is 13.8 Å². The summed E-state index contributed by atoms with van der Waals surface area (Å²) in [6, 6.07) is 18.6. The minimum atomic E-state index is -4.19. The van der Waals surface area contributed by atoms with Gasteiger partial charge >= 0.3 is 0 Å². The fraction of sp³-hybridized carbons (Fsp3) is 0.333. The first-order valence-electron chi connectivity index (χ1n) is 12.2. The van der Waals surface area contributed by atoms with Crippen molar-refractivity contribution in [3.63, 3.8) is 0 Å². The number of hydrogen-bond donors (Lipinski definition) is 1. The SMILES string of the molecule is C[C@@H]1CN([C@@H](C)CO)S(=O)(=O)c2ccc(-c3ccccc3)cc2O[C@H]1CN(C)S(=O)(=O)c1ccccc1F. The quantitative estimate of drug-likeness (QED) is 0.472. The molecule has 3 atom stereocenters. The maximum Gasteiger partial charge on any atom is 0.247 e. The maximum atomic E-state index is 14.4. The van der Waals surface area contributed by atoms with Crippen molar-refractivity contribution in [1.82, 2.24) is 8.61 Å². The molecule has 0 saturated carbocycles. The van der Waals surface area contributed by atoms with Gasteiger partial charge in [-0.2, -0.15) is 8.61 Å². The lowest BCUT2D eigenvalue weighted by Gasteiger charge is -2.37. The summed E-state index contributed by atoms with van der Waals surface area (Å²) in [5.41, 5.74) is 1.57. The number of sulfonamides is 2. The first kappa shape index (κ1) is 28.2. The first-order valence-corrected chi connectivity index (χ1v) is 15.0. The lowest BCUT2D eigenvalue weighted by atomic mass is 10.0. The number of hydrogen-bond acceptors (Lipinski definition) is 6. The van der Waals surface area contributed by atoms with Crippen molar-refractivity contribution < 1.29 is 31.1 Å². The van der Waals surface area contributed by atoms with Gasteiger partial charge in [0.25, 0.3) is 0 Å². The molecule has 0 amide bonds. The highest BCUT2D eigenvalue weighted by atomic mass is 32.2. The second-order valence-electron chi connectivity index (χ2n) is 9.48. The van der Waals surface area contributed by atoms with Crippen molar-refractivity contribution in [3.05, 3.63) is 78.6 Å². The second-order valence-corrected chi connectivity index (χ2v) is 13.4. The Kier molecular flexibility index (Phi) is 8.24. The third-order valence-electron chi connectivity index (χ3n) is 6.74. The number of rotatable bonds is 7. The van der Waals surface area contributed by atoms with Gasteiger partial charge in [0.15, 0.2) is 0 Å². The van der Waals surface area contributed by atoms with Crippen LogP contribution < -0.4 is 4.74 Å². The summed E-state index contributed by atoms with van der Waals surface area (Å²) in [6.07, 6.45) is -0.782. The van der Waals surface area contributed by atoms with E-state index in [1.165, 1.54) is 35.6 Å². The van der Waals surface area contributed by atoms with Gasteiger partial charge in [-0.05, 0) is 42.3 Å². The molecule has 1 heterocycles. The lowest BCUT2D eigenvalue weighted by Crippen LogP contribution is -2.50. The average molecular weight is 563 g/mol. The highest BCUT2D eigenvalue weighted by Crippen LogP contribution is 2.36. The van der Waals surface area contributed by atoms with Gasteiger partial charge in [-0.25, -0.2) is 21.2 Å². The molecule has 11 heteroatoms. The molecule has 0 radical (unpaired) electrons. The summed E-state index contributed by atoms with van der Waals surface area (Å²) >= 11 is 0. The molecule has 0 fully saturated rings. The molecule has 8 nitrogen and oxygen atoms in total. The van der Waals surface area contributed by atoms with Gasteiger partial charge in [0.05, 0.1) is 13.2 Å². The van der Waals surface area contributed by atoms with Crippen LogP contribution in [0.5, 0.6) is 5.75 Å². The molecule has 1 aliphatic rings. The summed E-state index contributed by atoms with van der Waals surface area (Å²) in [6.45, 7) is 2.80. The van der Waals surface area contributed by atoms with E-state index in [0.717, 1.165) is 21.5 Å². The molecule has 4 rings (SSSR count). The Hall–Kier alpha value is -2.83. The summed E-state index contributed by atoms with van der Waals surface area (Å²) in [4.78, 5) is -0.528. The Bertz CT molecular complexity index is 1500. The van der Waals surface area contributed by atoms with E-state index in [4.69, 9.17) is 4.74 Å². The van der Waals surface area contributed by atoms with Crippen molar-refractivity contribution in [2.75, 3.05) is 26.7 Å². The Morgan fingerprint density at radius 3 is 2.39 bits per heavy atom. The molecule has 0 unspecified atom stereocenters. The highest BCUT2D eigenvalue weighted by molar-refractivity contribution is 7.89. The normalized spacial score (nSPS) is 20.7. The summed E-state index contributed by atoms with van der Waals surface area (Å²) < 4.78 is 76.6. The molecule has 3 aromatic rings. The molecule has 1 aliphatic heterocycles. The van der Waals surface area contributed by atoms with Crippen molar-refractivity contribution in [3.8, 4) is 16.9 Å². The van der Waals surface area contributed by atoms with Crippen LogP contribution in [0.25, 0.3) is 11.1 Å². The van der Waals surface area contributed by atoms with Gasteiger partial charge in [-0.1, -0.05) is 55.5 Å². The molecule has 0 aromatic heterocycles. The zero-order chi connectivity index (χ0) is 27.7. The smallest absolute Gasteiger partial charge is 0.247 e. The Balaban J connectivity index is 1.78. The van der Waals surface area contributed by atoms with Crippen LogP contribution in [0.2, 0.25) is 0 Å². The van der Waals surface area contributed by atoms with Crippen LogP contribution in [0.3, 0.4) is 0 Å². The Labute approximate surface area is 223 Å². The standard InChI is InChI=1S/C27H31FN2O6S2/c1-19-16-30(20(2)18-31)38(34,35)27-14-13-22(21-9-5-4-6-10-21)15-24(27)36-25(19)17-29(3)37(32,33)26-12-8-7-11-23(26)28/h4-15,19-20,25,31H,16-18H2,1-3H3/t19-,20+,25+/m1/s1. The van der Waals surface area contributed by atoms with Gasteiger partial charge in [0, 0.05) is 25.6 Å². The van der Waals surface area contributed by atoms with E-state index in [9.17, 15) is 26.3 Å². The van der Waals surface area contributed by atoms with E-state index in [0.29, 0.717) is 0 Å². The van der Waals surface area contributed by atoms with Gasteiger partial charge in [0.2, 0.25) is 20.0 Å². The molecule has 204 valence electrons. The number of aliphatic hydroxyl groups is 1. The van der Waals surface area contributed by atoms with E-state index < -0.39 is 55.4 Å². The van der Waals surface area contributed by atoms with E-state index in [2.05, 4.69) is 0 Å². The second kappa shape index (κ2) is 11.1. The van der Waals surface area contributed by atoms with E-state index in [-0.39, 0.29) is 23.7 Å². The predicted octanol–water partition coefficient (Wildman–Crippen LogP) is 3.58. The molecule has 0 saturated heterocycles.